The zero-order chi connectivity index (χ0) is 25.0. The molecule has 1 aromatic heterocycles. The molecular formula is C25H26N4O6. The highest BCUT2D eigenvalue weighted by atomic mass is 16.5. The van der Waals surface area contributed by atoms with Crippen LogP contribution in [0.1, 0.15) is 42.0 Å². The van der Waals surface area contributed by atoms with Crippen molar-refractivity contribution in [3.05, 3.63) is 77.9 Å². The predicted molar refractivity (Wildman–Crippen MR) is 125 cm³/mol. The fourth-order valence-corrected chi connectivity index (χ4v) is 3.80. The molecule has 3 N–H and O–H groups in total. The average molecular weight is 479 g/mol. The molecule has 1 saturated heterocycles. The molecule has 4 rings (SSSR count). The van der Waals surface area contributed by atoms with Gasteiger partial charge in [-0.25, -0.2) is 20.2 Å². The second kappa shape index (κ2) is 9.98. The average Bonchev–Trinajstić information content (AvgIpc) is 2.84. The molecule has 10 heteroatoms. The van der Waals surface area contributed by atoms with Gasteiger partial charge in [-0.15, -0.1) is 0 Å². The predicted octanol–water partition coefficient (Wildman–Crippen LogP) is 3.84. The van der Waals surface area contributed by atoms with Gasteiger partial charge in [0.15, 0.2) is 5.75 Å². The molecule has 2 heterocycles. The van der Waals surface area contributed by atoms with Crippen LogP contribution in [-0.4, -0.2) is 56.4 Å². The Morgan fingerprint density at radius 1 is 1.00 bits per heavy atom. The molecule has 2 aromatic carbocycles. The van der Waals surface area contributed by atoms with Crippen LogP contribution in [0.5, 0.6) is 17.2 Å². The molecule has 3 aromatic rings. The van der Waals surface area contributed by atoms with Gasteiger partial charge in [-0.05, 0) is 41.8 Å². The summed E-state index contributed by atoms with van der Waals surface area (Å²) in [4.78, 5) is 31.5. The van der Waals surface area contributed by atoms with Crippen molar-refractivity contribution in [2.24, 2.45) is 0 Å². The van der Waals surface area contributed by atoms with E-state index in [0.717, 1.165) is 17.5 Å². The maximum absolute atomic E-state index is 11.3. The minimum atomic E-state index is -0.906. The molecular weight excluding hydrogens is 452 g/mol. The smallest absolute Gasteiger partial charge is 0.407 e. The Bertz CT molecular complexity index is 1180. The van der Waals surface area contributed by atoms with Crippen molar-refractivity contribution in [1.82, 2.24) is 20.3 Å². The van der Waals surface area contributed by atoms with Gasteiger partial charge in [0.1, 0.15) is 18.1 Å². The van der Waals surface area contributed by atoms with E-state index in [9.17, 15) is 9.59 Å². The zero-order valence-electron chi connectivity index (χ0n) is 19.3. The topological polar surface area (TPSA) is 134 Å². The first-order valence-corrected chi connectivity index (χ1v) is 11.1. The summed E-state index contributed by atoms with van der Waals surface area (Å²) in [6.07, 6.45) is 2.61. The second-order valence-electron chi connectivity index (χ2n) is 8.69. The summed E-state index contributed by atoms with van der Waals surface area (Å²) in [6.45, 7) is 5.15. The first-order valence-electron chi connectivity index (χ1n) is 11.1. The highest BCUT2D eigenvalue weighted by Crippen LogP contribution is 2.34. The molecule has 35 heavy (non-hydrogen) atoms. The molecule has 1 fully saturated rings. The first kappa shape index (κ1) is 24.0. The Hall–Kier alpha value is -4.18. The van der Waals surface area contributed by atoms with Gasteiger partial charge >= 0.3 is 12.0 Å². The van der Waals surface area contributed by atoms with Gasteiger partial charge in [0.2, 0.25) is 5.82 Å². The van der Waals surface area contributed by atoms with Gasteiger partial charge < -0.3 is 19.5 Å². The fraction of sp³-hybridized carbons (Fsp3) is 0.280. The lowest BCUT2D eigenvalue weighted by Crippen LogP contribution is -2.53. The van der Waals surface area contributed by atoms with Crippen LogP contribution < -0.4 is 15.0 Å². The van der Waals surface area contributed by atoms with E-state index in [-0.39, 0.29) is 17.3 Å². The number of carbonyl (C=O) groups is 2. The molecule has 0 spiro atoms. The number of hydrogen-bond acceptors (Lipinski definition) is 7. The Morgan fingerprint density at radius 3 is 2.06 bits per heavy atom. The Kier molecular flexibility index (Phi) is 6.83. The van der Waals surface area contributed by atoms with E-state index in [0.29, 0.717) is 30.4 Å². The minimum Gasteiger partial charge on any atom is -0.491 e. The monoisotopic (exact) mass is 478 g/mol. The van der Waals surface area contributed by atoms with E-state index in [1.54, 1.807) is 0 Å². The summed E-state index contributed by atoms with van der Waals surface area (Å²) in [5.74, 6) is 0.679. The molecule has 0 radical (unpaired) electrons. The van der Waals surface area contributed by atoms with E-state index < -0.39 is 12.0 Å². The van der Waals surface area contributed by atoms with E-state index in [1.165, 1.54) is 22.8 Å². The SMILES string of the molecule is CC(C)(c1ccc(OC[C@@H]2CCN2C(=O)O)cc1)c1ccc(Oc2cnc(C(=O)NO)nc2)cc1. The van der Waals surface area contributed by atoms with E-state index in [1.807, 2.05) is 48.5 Å². The lowest BCUT2D eigenvalue weighted by atomic mass is 9.78. The van der Waals surface area contributed by atoms with Crippen LogP contribution in [0.3, 0.4) is 0 Å². The number of hydrogen-bond donors (Lipinski definition) is 3. The number of rotatable bonds is 8. The number of carboxylic acid groups (broad SMARTS) is 1. The Morgan fingerprint density at radius 2 is 1.57 bits per heavy atom. The van der Waals surface area contributed by atoms with Crippen molar-refractivity contribution in [2.75, 3.05) is 13.2 Å². The fourth-order valence-electron chi connectivity index (χ4n) is 3.80. The number of hydroxylamine groups is 1. The molecule has 0 unspecified atom stereocenters. The summed E-state index contributed by atoms with van der Waals surface area (Å²) in [6, 6.07) is 15.4. The van der Waals surface area contributed by atoms with Crippen LogP contribution >= 0.6 is 0 Å². The number of benzene rings is 2. The summed E-state index contributed by atoms with van der Waals surface area (Å²) in [5, 5.41) is 17.7. The molecule has 0 saturated carbocycles. The third-order valence-corrected chi connectivity index (χ3v) is 6.15. The van der Waals surface area contributed by atoms with Gasteiger partial charge in [-0.1, -0.05) is 38.1 Å². The first-order chi connectivity index (χ1) is 16.8. The number of aromatic nitrogens is 2. The second-order valence-corrected chi connectivity index (χ2v) is 8.69. The van der Waals surface area contributed by atoms with Crippen molar-refractivity contribution >= 4 is 12.0 Å². The van der Waals surface area contributed by atoms with Gasteiger partial charge in [-0.3, -0.25) is 10.0 Å². The van der Waals surface area contributed by atoms with E-state index in [2.05, 4.69) is 23.8 Å². The van der Waals surface area contributed by atoms with Crippen LogP contribution in [-0.2, 0) is 5.41 Å². The number of carbonyl (C=O) groups excluding carboxylic acids is 1. The Labute approximate surface area is 202 Å². The third-order valence-electron chi connectivity index (χ3n) is 6.15. The van der Waals surface area contributed by atoms with Gasteiger partial charge in [0, 0.05) is 12.0 Å². The number of nitrogens with one attached hydrogen (secondary N) is 1. The molecule has 182 valence electrons. The van der Waals surface area contributed by atoms with E-state index in [4.69, 9.17) is 19.8 Å². The third kappa shape index (κ3) is 5.33. The van der Waals surface area contributed by atoms with Gasteiger partial charge in [0.25, 0.3) is 0 Å². The van der Waals surface area contributed by atoms with Crippen molar-refractivity contribution in [3.63, 3.8) is 0 Å². The van der Waals surface area contributed by atoms with Crippen molar-refractivity contribution in [2.45, 2.75) is 31.7 Å². The molecule has 0 aliphatic carbocycles. The zero-order valence-corrected chi connectivity index (χ0v) is 19.3. The van der Waals surface area contributed by atoms with Crippen LogP contribution in [0.15, 0.2) is 60.9 Å². The quantitative estimate of drug-likeness (QED) is 0.328. The summed E-state index contributed by atoms with van der Waals surface area (Å²) < 4.78 is 11.5. The highest BCUT2D eigenvalue weighted by Gasteiger charge is 2.32. The molecule has 2 amide bonds. The summed E-state index contributed by atoms with van der Waals surface area (Å²) >= 11 is 0. The normalized spacial score (nSPS) is 15.2. The van der Waals surface area contributed by atoms with Crippen molar-refractivity contribution in [1.29, 1.82) is 0 Å². The highest BCUT2D eigenvalue weighted by molar-refractivity contribution is 5.89. The Balaban J connectivity index is 1.37. The van der Waals surface area contributed by atoms with Crippen molar-refractivity contribution in [3.8, 4) is 17.2 Å². The summed E-state index contributed by atoms with van der Waals surface area (Å²) in [5.41, 5.74) is 3.37. The molecule has 0 bridgehead atoms. The van der Waals surface area contributed by atoms with Crippen LogP contribution in [0.2, 0.25) is 0 Å². The van der Waals surface area contributed by atoms with Crippen molar-refractivity contribution < 1.29 is 29.4 Å². The molecule has 1 aliphatic heterocycles. The lowest BCUT2D eigenvalue weighted by molar-refractivity contribution is 0.0499. The van der Waals surface area contributed by atoms with Crippen LogP contribution in [0, 0.1) is 0 Å². The largest absolute Gasteiger partial charge is 0.491 e. The maximum atomic E-state index is 11.3. The minimum absolute atomic E-state index is 0.0890. The van der Waals surface area contributed by atoms with Crippen LogP contribution in [0.25, 0.3) is 0 Å². The number of ether oxygens (including phenoxy) is 2. The van der Waals surface area contributed by atoms with Gasteiger partial charge in [0.05, 0.1) is 18.4 Å². The summed E-state index contributed by atoms with van der Waals surface area (Å²) in [7, 11) is 0. The molecule has 1 atom stereocenters. The molecule has 10 nitrogen and oxygen atoms in total. The molecule has 1 aliphatic rings. The van der Waals surface area contributed by atoms with Crippen LogP contribution in [0.4, 0.5) is 4.79 Å². The van der Waals surface area contributed by atoms with E-state index >= 15 is 0 Å². The van der Waals surface area contributed by atoms with Gasteiger partial charge in [-0.2, -0.15) is 0 Å². The maximum Gasteiger partial charge on any atom is 0.407 e. The number of nitrogens with zero attached hydrogens (tertiary/aromatic N) is 3. The standard InChI is InChI=1S/C25H26N4O6/c1-25(2,16-3-7-19(8-4-16)34-15-18-11-12-29(18)24(31)32)17-5-9-20(10-6-17)35-21-13-26-22(27-14-21)23(30)28-33/h3-10,13-14,18,33H,11-12,15H2,1-2H3,(H,28,30)(H,31,32)/t18-/m0/s1. The lowest BCUT2D eigenvalue weighted by Gasteiger charge is -2.38. The number of likely N-dealkylation sites (tertiary alicyclic amines) is 1. The number of amides is 2.